The van der Waals surface area contributed by atoms with Crippen LogP contribution in [0.4, 0.5) is 0 Å². The monoisotopic (exact) mass is 318 g/mol. The standard InChI is InChI=1S/C16H22N4O3/c1-23-15-10(8-18-14(21)7-17)6-12-13(19-15)9-20(16(12)22)11-4-2-3-5-11/h6,11H,2-5,7-9,17H2,1H3,(H,18,21). The zero-order valence-corrected chi connectivity index (χ0v) is 13.3. The lowest BCUT2D eigenvalue weighted by molar-refractivity contribution is -0.119. The van der Waals surface area contributed by atoms with E-state index >= 15 is 0 Å². The number of carbonyl (C=O) groups excluding carboxylic acids is 2. The van der Waals surface area contributed by atoms with E-state index in [4.69, 9.17) is 10.5 Å². The lowest BCUT2D eigenvalue weighted by Gasteiger charge is -2.22. The van der Waals surface area contributed by atoms with Gasteiger partial charge in [-0.2, -0.15) is 0 Å². The summed E-state index contributed by atoms with van der Waals surface area (Å²) in [5, 5.41) is 2.69. The number of nitrogens with zero attached hydrogens (tertiary/aromatic N) is 2. The van der Waals surface area contributed by atoms with E-state index in [1.807, 2.05) is 4.90 Å². The summed E-state index contributed by atoms with van der Waals surface area (Å²) in [6, 6.07) is 2.11. The first-order chi connectivity index (χ1) is 11.1. The first-order valence-electron chi connectivity index (χ1n) is 7.98. The molecule has 1 aromatic rings. The Labute approximate surface area is 135 Å². The van der Waals surface area contributed by atoms with Crippen molar-refractivity contribution in [1.82, 2.24) is 15.2 Å². The molecule has 2 aliphatic rings. The summed E-state index contributed by atoms with van der Waals surface area (Å²) in [5.41, 5.74) is 7.35. The van der Waals surface area contributed by atoms with Crippen LogP contribution in [0.25, 0.3) is 0 Å². The van der Waals surface area contributed by atoms with Crippen LogP contribution in [0.3, 0.4) is 0 Å². The highest BCUT2D eigenvalue weighted by Gasteiger charge is 2.35. The number of rotatable bonds is 5. The lowest BCUT2D eigenvalue weighted by atomic mass is 10.1. The van der Waals surface area contributed by atoms with Crippen molar-refractivity contribution in [2.24, 2.45) is 5.73 Å². The van der Waals surface area contributed by atoms with E-state index < -0.39 is 0 Å². The molecule has 7 nitrogen and oxygen atoms in total. The Balaban J connectivity index is 1.83. The molecule has 124 valence electrons. The molecule has 1 aliphatic carbocycles. The molecule has 0 spiro atoms. The number of pyridine rings is 1. The largest absolute Gasteiger partial charge is 0.481 e. The van der Waals surface area contributed by atoms with E-state index in [1.54, 1.807) is 6.07 Å². The second-order valence-corrected chi connectivity index (χ2v) is 6.00. The molecule has 2 heterocycles. The summed E-state index contributed by atoms with van der Waals surface area (Å²) in [4.78, 5) is 30.4. The fraction of sp³-hybridized carbons (Fsp3) is 0.562. The van der Waals surface area contributed by atoms with Gasteiger partial charge in [-0.1, -0.05) is 12.8 Å². The van der Waals surface area contributed by atoms with Gasteiger partial charge >= 0.3 is 0 Å². The SMILES string of the molecule is COc1nc2c(cc1CNC(=O)CN)C(=O)N(C1CCCC1)C2. The second kappa shape index (κ2) is 6.54. The van der Waals surface area contributed by atoms with Crippen LogP contribution in [-0.2, 0) is 17.9 Å². The minimum Gasteiger partial charge on any atom is -0.481 e. The van der Waals surface area contributed by atoms with Gasteiger partial charge in [-0.3, -0.25) is 9.59 Å². The van der Waals surface area contributed by atoms with Gasteiger partial charge in [-0.25, -0.2) is 4.98 Å². The van der Waals surface area contributed by atoms with Crippen LogP contribution in [0.1, 0.15) is 47.3 Å². The fourth-order valence-corrected chi connectivity index (χ4v) is 3.35. The van der Waals surface area contributed by atoms with Crippen molar-refractivity contribution in [2.45, 2.75) is 44.8 Å². The van der Waals surface area contributed by atoms with E-state index in [-0.39, 0.29) is 24.9 Å². The number of amides is 2. The van der Waals surface area contributed by atoms with Gasteiger partial charge in [-0.05, 0) is 18.9 Å². The quantitative estimate of drug-likeness (QED) is 0.827. The third-order valence-corrected chi connectivity index (χ3v) is 4.57. The Morgan fingerprint density at radius 3 is 2.87 bits per heavy atom. The zero-order valence-electron chi connectivity index (χ0n) is 13.3. The Morgan fingerprint density at radius 1 is 1.48 bits per heavy atom. The van der Waals surface area contributed by atoms with Crippen molar-refractivity contribution >= 4 is 11.8 Å². The minimum atomic E-state index is -0.258. The number of methoxy groups -OCH3 is 1. The minimum absolute atomic E-state index is 0.0356. The molecule has 23 heavy (non-hydrogen) atoms. The van der Waals surface area contributed by atoms with Crippen molar-refractivity contribution in [2.75, 3.05) is 13.7 Å². The summed E-state index contributed by atoms with van der Waals surface area (Å²) in [5.74, 6) is 0.224. The average molecular weight is 318 g/mol. The molecule has 0 saturated heterocycles. The zero-order chi connectivity index (χ0) is 16.4. The molecular weight excluding hydrogens is 296 g/mol. The molecule has 1 aromatic heterocycles. The number of hydrogen-bond donors (Lipinski definition) is 2. The number of fused-ring (bicyclic) bond motifs is 1. The number of hydrogen-bond acceptors (Lipinski definition) is 5. The molecule has 0 unspecified atom stereocenters. The number of carbonyl (C=O) groups is 2. The van der Waals surface area contributed by atoms with E-state index in [1.165, 1.54) is 20.0 Å². The molecule has 1 fully saturated rings. The smallest absolute Gasteiger partial charge is 0.256 e. The average Bonchev–Trinajstić information content (AvgIpc) is 3.20. The number of aromatic nitrogens is 1. The molecule has 0 radical (unpaired) electrons. The Morgan fingerprint density at radius 2 is 2.22 bits per heavy atom. The van der Waals surface area contributed by atoms with Gasteiger partial charge in [0.15, 0.2) is 0 Å². The Bertz CT molecular complexity index is 626. The number of nitrogens with one attached hydrogen (secondary N) is 1. The van der Waals surface area contributed by atoms with E-state index in [2.05, 4.69) is 10.3 Å². The van der Waals surface area contributed by atoms with Gasteiger partial charge in [0.25, 0.3) is 5.91 Å². The highest BCUT2D eigenvalue weighted by molar-refractivity contribution is 5.98. The van der Waals surface area contributed by atoms with Crippen LogP contribution < -0.4 is 15.8 Å². The van der Waals surface area contributed by atoms with E-state index in [0.29, 0.717) is 29.6 Å². The summed E-state index contributed by atoms with van der Waals surface area (Å²) in [7, 11) is 1.54. The van der Waals surface area contributed by atoms with Gasteiger partial charge in [-0.15, -0.1) is 0 Å². The fourth-order valence-electron chi connectivity index (χ4n) is 3.35. The third-order valence-electron chi connectivity index (χ3n) is 4.57. The molecule has 3 rings (SSSR count). The highest BCUT2D eigenvalue weighted by Crippen LogP contribution is 2.33. The van der Waals surface area contributed by atoms with Gasteiger partial charge in [0.05, 0.1) is 31.5 Å². The van der Waals surface area contributed by atoms with Crippen LogP contribution >= 0.6 is 0 Å². The van der Waals surface area contributed by atoms with Crippen LogP contribution in [0.5, 0.6) is 5.88 Å². The molecule has 0 atom stereocenters. The van der Waals surface area contributed by atoms with Crippen LogP contribution in [-0.4, -0.2) is 41.4 Å². The molecule has 0 bridgehead atoms. The maximum atomic E-state index is 12.7. The van der Waals surface area contributed by atoms with Crippen molar-refractivity contribution in [3.63, 3.8) is 0 Å². The van der Waals surface area contributed by atoms with E-state index in [0.717, 1.165) is 18.5 Å². The maximum absolute atomic E-state index is 12.7. The summed E-state index contributed by atoms with van der Waals surface area (Å²) < 4.78 is 5.31. The lowest BCUT2D eigenvalue weighted by Crippen LogP contribution is -2.33. The summed E-state index contributed by atoms with van der Waals surface area (Å²) in [6.45, 7) is 0.718. The first-order valence-corrected chi connectivity index (χ1v) is 7.98. The van der Waals surface area contributed by atoms with Crippen LogP contribution in [0, 0.1) is 0 Å². The molecule has 0 aromatic carbocycles. The molecule has 1 saturated carbocycles. The molecule has 1 aliphatic heterocycles. The molecular formula is C16H22N4O3. The highest BCUT2D eigenvalue weighted by atomic mass is 16.5. The Hall–Kier alpha value is -2.15. The van der Waals surface area contributed by atoms with Gasteiger partial charge < -0.3 is 20.7 Å². The third kappa shape index (κ3) is 3.01. The van der Waals surface area contributed by atoms with Gasteiger partial charge in [0, 0.05) is 18.2 Å². The van der Waals surface area contributed by atoms with Crippen LogP contribution in [0.15, 0.2) is 6.07 Å². The summed E-state index contributed by atoms with van der Waals surface area (Å²) >= 11 is 0. The first kappa shape index (κ1) is 15.7. The molecule has 3 N–H and O–H groups in total. The summed E-state index contributed by atoms with van der Waals surface area (Å²) in [6.07, 6.45) is 4.49. The molecule has 2 amide bonds. The van der Waals surface area contributed by atoms with Gasteiger partial charge in [0.2, 0.25) is 11.8 Å². The van der Waals surface area contributed by atoms with E-state index in [9.17, 15) is 9.59 Å². The Kier molecular flexibility index (Phi) is 4.47. The van der Waals surface area contributed by atoms with Gasteiger partial charge in [0.1, 0.15) is 0 Å². The van der Waals surface area contributed by atoms with Crippen molar-refractivity contribution in [3.05, 3.63) is 22.9 Å². The van der Waals surface area contributed by atoms with Crippen molar-refractivity contribution in [3.8, 4) is 5.88 Å². The topological polar surface area (TPSA) is 97.5 Å². The second-order valence-electron chi connectivity index (χ2n) is 6.00. The normalized spacial score (nSPS) is 17.5. The van der Waals surface area contributed by atoms with Crippen molar-refractivity contribution < 1.29 is 14.3 Å². The van der Waals surface area contributed by atoms with Crippen molar-refractivity contribution in [1.29, 1.82) is 0 Å². The predicted octanol–water partition coefficient (Wildman–Crippen LogP) is 0.563. The number of nitrogens with two attached hydrogens (primary N) is 1. The predicted molar refractivity (Wildman–Crippen MR) is 83.8 cm³/mol. The van der Waals surface area contributed by atoms with Crippen LogP contribution in [0.2, 0.25) is 0 Å². The number of ether oxygens (including phenoxy) is 1. The molecule has 7 heteroatoms. The maximum Gasteiger partial charge on any atom is 0.256 e.